The van der Waals surface area contributed by atoms with Gasteiger partial charge in [-0.1, -0.05) is 19.8 Å². The molecular formula is C15H29N3O. The van der Waals surface area contributed by atoms with Gasteiger partial charge in [0.15, 0.2) is 0 Å². The van der Waals surface area contributed by atoms with E-state index in [1.165, 1.54) is 12.8 Å². The standard InChI is InChI=1S/C15H29N3O/c1-13(11-16)12-17-7-4-8-18(10-9-17)15(19)14-5-2-3-6-14/h13-14H,2-12,16H2,1H3. The predicted octanol–water partition coefficient (Wildman–Crippen LogP) is 1.31. The number of rotatable bonds is 4. The highest BCUT2D eigenvalue weighted by Crippen LogP contribution is 2.26. The Bertz CT molecular complexity index is 289. The van der Waals surface area contributed by atoms with Crippen LogP contribution in [0.15, 0.2) is 0 Å². The zero-order chi connectivity index (χ0) is 13.7. The van der Waals surface area contributed by atoms with Gasteiger partial charge in [0.25, 0.3) is 0 Å². The molecule has 110 valence electrons. The van der Waals surface area contributed by atoms with Crippen LogP contribution in [0.5, 0.6) is 0 Å². The molecule has 0 radical (unpaired) electrons. The van der Waals surface area contributed by atoms with E-state index in [-0.39, 0.29) is 0 Å². The van der Waals surface area contributed by atoms with Crippen LogP contribution < -0.4 is 5.73 Å². The van der Waals surface area contributed by atoms with Crippen LogP contribution in [0.3, 0.4) is 0 Å². The Balaban J connectivity index is 1.80. The molecule has 1 aliphatic carbocycles. The smallest absolute Gasteiger partial charge is 0.225 e. The van der Waals surface area contributed by atoms with Gasteiger partial charge in [0.05, 0.1) is 0 Å². The van der Waals surface area contributed by atoms with Crippen molar-refractivity contribution in [3.05, 3.63) is 0 Å². The van der Waals surface area contributed by atoms with Crippen molar-refractivity contribution in [2.24, 2.45) is 17.6 Å². The van der Waals surface area contributed by atoms with Crippen molar-refractivity contribution >= 4 is 5.91 Å². The van der Waals surface area contributed by atoms with E-state index >= 15 is 0 Å². The highest BCUT2D eigenvalue weighted by atomic mass is 16.2. The van der Waals surface area contributed by atoms with Gasteiger partial charge >= 0.3 is 0 Å². The molecule has 4 nitrogen and oxygen atoms in total. The van der Waals surface area contributed by atoms with Crippen molar-refractivity contribution in [2.45, 2.75) is 39.0 Å². The van der Waals surface area contributed by atoms with Gasteiger partial charge in [-0.05, 0) is 38.3 Å². The number of nitrogens with two attached hydrogens (primary N) is 1. The summed E-state index contributed by atoms with van der Waals surface area (Å²) in [5.41, 5.74) is 5.70. The Labute approximate surface area is 117 Å². The van der Waals surface area contributed by atoms with E-state index in [1.807, 2.05) is 0 Å². The number of amides is 1. The molecule has 1 heterocycles. The Morgan fingerprint density at radius 1 is 1.16 bits per heavy atom. The normalized spacial score (nSPS) is 24.4. The first kappa shape index (κ1) is 14.8. The third-order valence-corrected chi connectivity index (χ3v) is 4.58. The molecule has 0 aromatic heterocycles. The molecule has 4 heteroatoms. The molecule has 1 amide bonds. The Hall–Kier alpha value is -0.610. The molecule has 1 saturated heterocycles. The minimum absolute atomic E-state index is 0.328. The summed E-state index contributed by atoms with van der Waals surface area (Å²) in [4.78, 5) is 17.0. The minimum atomic E-state index is 0.328. The third-order valence-electron chi connectivity index (χ3n) is 4.58. The first-order valence-electron chi connectivity index (χ1n) is 7.92. The summed E-state index contributed by atoms with van der Waals surface area (Å²) < 4.78 is 0. The number of hydrogen-bond acceptors (Lipinski definition) is 3. The maximum absolute atomic E-state index is 12.4. The van der Waals surface area contributed by atoms with Gasteiger partial charge in [-0.15, -0.1) is 0 Å². The average molecular weight is 267 g/mol. The van der Waals surface area contributed by atoms with Gasteiger partial charge in [-0.2, -0.15) is 0 Å². The number of hydrogen-bond donors (Lipinski definition) is 1. The zero-order valence-electron chi connectivity index (χ0n) is 12.3. The molecule has 1 atom stereocenters. The fourth-order valence-electron chi connectivity index (χ4n) is 3.32. The van der Waals surface area contributed by atoms with E-state index in [9.17, 15) is 4.79 Å². The van der Waals surface area contributed by atoms with Crippen LogP contribution in [-0.4, -0.2) is 55.0 Å². The van der Waals surface area contributed by atoms with Crippen molar-refractivity contribution < 1.29 is 4.79 Å². The van der Waals surface area contributed by atoms with Gasteiger partial charge < -0.3 is 15.5 Å². The largest absolute Gasteiger partial charge is 0.341 e. The van der Waals surface area contributed by atoms with E-state index in [0.29, 0.717) is 17.7 Å². The highest BCUT2D eigenvalue weighted by molar-refractivity contribution is 5.79. The first-order chi connectivity index (χ1) is 9.20. The monoisotopic (exact) mass is 267 g/mol. The van der Waals surface area contributed by atoms with Gasteiger partial charge in [-0.25, -0.2) is 0 Å². The van der Waals surface area contributed by atoms with Crippen LogP contribution in [0.1, 0.15) is 39.0 Å². The predicted molar refractivity (Wildman–Crippen MR) is 77.8 cm³/mol. The van der Waals surface area contributed by atoms with Gasteiger partial charge in [0.1, 0.15) is 0 Å². The summed E-state index contributed by atoms with van der Waals surface area (Å²) in [7, 11) is 0. The summed E-state index contributed by atoms with van der Waals surface area (Å²) in [6.45, 7) is 8.01. The molecule has 1 saturated carbocycles. The fraction of sp³-hybridized carbons (Fsp3) is 0.933. The van der Waals surface area contributed by atoms with Gasteiger partial charge in [0, 0.05) is 32.1 Å². The third kappa shape index (κ3) is 4.18. The van der Waals surface area contributed by atoms with Crippen molar-refractivity contribution in [3.63, 3.8) is 0 Å². The van der Waals surface area contributed by atoms with Crippen molar-refractivity contribution in [3.8, 4) is 0 Å². The maximum atomic E-state index is 12.4. The summed E-state index contributed by atoms with van der Waals surface area (Å²) >= 11 is 0. The molecule has 2 N–H and O–H groups in total. The molecule has 0 aromatic rings. The van der Waals surface area contributed by atoms with Crippen LogP contribution in [0, 0.1) is 11.8 Å². The number of carbonyl (C=O) groups excluding carboxylic acids is 1. The Morgan fingerprint density at radius 2 is 1.89 bits per heavy atom. The molecule has 2 rings (SSSR count). The molecule has 0 spiro atoms. The number of carbonyl (C=O) groups is 1. The minimum Gasteiger partial charge on any atom is -0.341 e. The Kier molecular flexibility index (Phi) is 5.64. The van der Waals surface area contributed by atoms with Crippen molar-refractivity contribution in [1.82, 2.24) is 9.80 Å². The van der Waals surface area contributed by atoms with Gasteiger partial charge in [-0.3, -0.25) is 4.79 Å². The summed E-state index contributed by atoms with van der Waals surface area (Å²) in [6, 6.07) is 0. The van der Waals surface area contributed by atoms with Gasteiger partial charge in [0.2, 0.25) is 5.91 Å². The van der Waals surface area contributed by atoms with E-state index in [0.717, 1.165) is 58.5 Å². The topological polar surface area (TPSA) is 49.6 Å². The average Bonchev–Trinajstić information content (AvgIpc) is 2.85. The van der Waals surface area contributed by atoms with Crippen molar-refractivity contribution in [2.75, 3.05) is 39.3 Å². The molecule has 1 unspecified atom stereocenters. The lowest BCUT2D eigenvalue weighted by Gasteiger charge is -2.25. The molecule has 0 aromatic carbocycles. The summed E-state index contributed by atoms with van der Waals surface area (Å²) in [5, 5.41) is 0. The van der Waals surface area contributed by atoms with Crippen LogP contribution in [0.2, 0.25) is 0 Å². The maximum Gasteiger partial charge on any atom is 0.225 e. The quantitative estimate of drug-likeness (QED) is 0.835. The molecule has 19 heavy (non-hydrogen) atoms. The fourth-order valence-corrected chi connectivity index (χ4v) is 3.32. The van der Waals surface area contributed by atoms with Crippen LogP contribution in [0.4, 0.5) is 0 Å². The van der Waals surface area contributed by atoms with E-state index < -0.39 is 0 Å². The van der Waals surface area contributed by atoms with Crippen LogP contribution >= 0.6 is 0 Å². The van der Waals surface area contributed by atoms with E-state index in [2.05, 4.69) is 16.7 Å². The molecule has 2 aliphatic rings. The lowest BCUT2D eigenvalue weighted by atomic mass is 10.1. The van der Waals surface area contributed by atoms with E-state index in [1.54, 1.807) is 0 Å². The van der Waals surface area contributed by atoms with Crippen LogP contribution in [0.25, 0.3) is 0 Å². The lowest BCUT2D eigenvalue weighted by Crippen LogP contribution is -2.39. The summed E-state index contributed by atoms with van der Waals surface area (Å²) in [5.74, 6) is 1.30. The van der Waals surface area contributed by atoms with Crippen LogP contribution in [-0.2, 0) is 4.79 Å². The van der Waals surface area contributed by atoms with Crippen molar-refractivity contribution in [1.29, 1.82) is 0 Å². The lowest BCUT2D eigenvalue weighted by molar-refractivity contribution is -0.135. The molecule has 1 aliphatic heterocycles. The molecule has 2 fully saturated rings. The van der Waals surface area contributed by atoms with E-state index in [4.69, 9.17) is 5.73 Å². The summed E-state index contributed by atoms with van der Waals surface area (Å²) in [6.07, 6.45) is 5.82. The zero-order valence-corrected chi connectivity index (χ0v) is 12.3. The second-order valence-electron chi connectivity index (χ2n) is 6.30. The Morgan fingerprint density at radius 3 is 2.58 bits per heavy atom. The highest BCUT2D eigenvalue weighted by Gasteiger charge is 2.28. The number of nitrogens with zero attached hydrogens (tertiary/aromatic N) is 2. The SMILES string of the molecule is CC(CN)CN1CCCN(C(=O)C2CCCC2)CC1. The molecular weight excluding hydrogens is 238 g/mol. The second kappa shape index (κ2) is 7.25. The first-order valence-corrected chi connectivity index (χ1v) is 7.92. The molecule has 0 bridgehead atoms. The second-order valence-corrected chi connectivity index (χ2v) is 6.30.